The van der Waals surface area contributed by atoms with E-state index in [1.807, 2.05) is 11.0 Å². The fourth-order valence-electron chi connectivity index (χ4n) is 1.33. The molecule has 0 aliphatic carbocycles. The molecule has 0 unspecified atom stereocenters. The molecule has 0 saturated carbocycles. The first-order valence-electron chi connectivity index (χ1n) is 5.00. The Morgan fingerprint density at radius 2 is 1.00 bits per heavy atom. The third-order valence-electron chi connectivity index (χ3n) is 2.20. The van der Waals surface area contributed by atoms with E-state index in [9.17, 15) is 0 Å². The lowest BCUT2D eigenvalue weighted by molar-refractivity contribution is 0.388. The Morgan fingerprint density at radius 3 is 1.29 bits per heavy atom. The standard InChI is InChI=1S/C12H12N2O3/c15-13-9-1-5-11(6-2-9)17-12-7-3-10(14-16)4-8-12/h1-8,13-16H. The van der Waals surface area contributed by atoms with E-state index in [4.69, 9.17) is 15.2 Å². The monoisotopic (exact) mass is 232 g/mol. The van der Waals surface area contributed by atoms with Crippen molar-refractivity contribution in [3.05, 3.63) is 48.5 Å². The Hall–Kier alpha value is -2.24. The van der Waals surface area contributed by atoms with Crippen LogP contribution < -0.4 is 15.7 Å². The van der Waals surface area contributed by atoms with E-state index in [0.29, 0.717) is 22.9 Å². The van der Waals surface area contributed by atoms with Crippen LogP contribution in [0.25, 0.3) is 0 Å². The molecule has 17 heavy (non-hydrogen) atoms. The van der Waals surface area contributed by atoms with E-state index in [0.717, 1.165) is 0 Å². The summed E-state index contributed by atoms with van der Waals surface area (Å²) in [7, 11) is 0. The summed E-state index contributed by atoms with van der Waals surface area (Å²) in [6.07, 6.45) is 0. The molecule has 5 nitrogen and oxygen atoms in total. The van der Waals surface area contributed by atoms with Gasteiger partial charge < -0.3 is 4.74 Å². The van der Waals surface area contributed by atoms with Crippen molar-refractivity contribution in [2.75, 3.05) is 11.0 Å². The molecule has 0 aliphatic heterocycles. The molecule has 0 aliphatic rings. The molecule has 2 aromatic carbocycles. The van der Waals surface area contributed by atoms with Gasteiger partial charge in [-0.05, 0) is 48.5 Å². The van der Waals surface area contributed by atoms with Gasteiger partial charge in [0.1, 0.15) is 11.5 Å². The molecule has 2 rings (SSSR count). The van der Waals surface area contributed by atoms with E-state index < -0.39 is 0 Å². The summed E-state index contributed by atoms with van der Waals surface area (Å²) in [5.74, 6) is 1.32. The molecule has 4 N–H and O–H groups in total. The molecule has 88 valence electrons. The lowest BCUT2D eigenvalue weighted by atomic mass is 10.3. The van der Waals surface area contributed by atoms with Crippen molar-refractivity contribution >= 4 is 11.4 Å². The lowest BCUT2D eigenvalue weighted by Crippen LogP contribution is -1.90. The molecule has 0 aromatic heterocycles. The average molecular weight is 232 g/mol. The van der Waals surface area contributed by atoms with E-state index in [1.165, 1.54) is 0 Å². The van der Waals surface area contributed by atoms with Crippen molar-refractivity contribution in [1.29, 1.82) is 0 Å². The predicted molar refractivity (Wildman–Crippen MR) is 63.8 cm³/mol. The normalized spacial score (nSPS) is 9.76. The SMILES string of the molecule is ONc1ccc(Oc2ccc(NO)cc2)cc1. The maximum Gasteiger partial charge on any atom is 0.127 e. The first-order chi connectivity index (χ1) is 8.31. The second kappa shape index (κ2) is 5.20. The first kappa shape index (κ1) is 11.3. The number of hydrogen-bond acceptors (Lipinski definition) is 5. The van der Waals surface area contributed by atoms with Gasteiger partial charge in [-0.25, -0.2) is 0 Å². The summed E-state index contributed by atoms with van der Waals surface area (Å²) in [5.41, 5.74) is 5.27. The van der Waals surface area contributed by atoms with Crippen LogP contribution in [0.4, 0.5) is 11.4 Å². The Kier molecular flexibility index (Phi) is 3.44. The summed E-state index contributed by atoms with van der Waals surface area (Å²) in [4.78, 5) is 0. The fourth-order valence-corrected chi connectivity index (χ4v) is 1.33. The maximum absolute atomic E-state index is 8.65. The molecule has 0 heterocycles. The van der Waals surface area contributed by atoms with Gasteiger partial charge in [-0.2, -0.15) is 0 Å². The Labute approximate surface area is 98.2 Å². The summed E-state index contributed by atoms with van der Waals surface area (Å²) in [5, 5.41) is 17.3. The summed E-state index contributed by atoms with van der Waals surface area (Å²) in [6.45, 7) is 0. The fraction of sp³-hybridized carbons (Fsp3) is 0. The van der Waals surface area contributed by atoms with Gasteiger partial charge in [0, 0.05) is 0 Å². The number of benzene rings is 2. The molecule has 0 bridgehead atoms. The quantitative estimate of drug-likeness (QED) is 0.609. The highest BCUT2D eigenvalue weighted by molar-refractivity contribution is 5.47. The van der Waals surface area contributed by atoms with Crippen LogP contribution >= 0.6 is 0 Å². The number of rotatable bonds is 4. The van der Waals surface area contributed by atoms with Crippen LogP contribution in [0.2, 0.25) is 0 Å². The Morgan fingerprint density at radius 1 is 0.647 bits per heavy atom. The van der Waals surface area contributed by atoms with Crippen molar-refractivity contribution < 1.29 is 15.2 Å². The lowest BCUT2D eigenvalue weighted by Gasteiger charge is -2.07. The highest BCUT2D eigenvalue weighted by Crippen LogP contribution is 2.23. The number of ether oxygens (including phenoxy) is 1. The zero-order chi connectivity index (χ0) is 12.1. The second-order valence-corrected chi connectivity index (χ2v) is 3.37. The zero-order valence-electron chi connectivity index (χ0n) is 8.92. The van der Waals surface area contributed by atoms with Gasteiger partial charge in [-0.15, -0.1) is 0 Å². The summed E-state index contributed by atoms with van der Waals surface area (Å²) < 4.78 is 5.56. The van der Waals surface area contributed by atoms with Crippen molar-refractivity contribution in [3.63, 3.8) is 0 Å². The van der Waals surface area contributed by atoms with E-state index >= 15 is 0 Å². The number of nitrogens with one attached hydrogen (secondary N) is 2. The smallest absolute Gasteiger partial charge is 0.127 e. The van der Waals surface area contributed by atoms with Crippen molar-refractivity contribution in [2.45, 2.75) is 0 Å². The summed E-state index contributed by atoms with van der Waals surface area (Å²) in [6, 6.07) is 13.7. The van der Waals surface area contributed by atoms with E-state index in [1.54, 1.807) is 48.5 Å². The van der Waals surface area contributed by atoms with Gasteiger partial charge >= 0.3 is 0 Å². The molecule has 0 amide bonds. The van der Waals surface area contributed by atoms with Crippen LogP contribution in [0.3, 0.4) is 0 Å². The Bertz CT molecular complexity index is 423. The van der Waals surface area contributed by atoms with Gasteiger partial charge in [-0.3, -0.25) is 21.4 Å². The maximum atomic E-state index is 8.65. The molecule has 5 heteroatoms. The van der Waals surface area contributed by atoms with Crippen molar-refractivity contribution in [1.82, 2.24) is 0 Å². The van der Waals surface area contributed by atoms with Crippen LogP contribution in [0, 0.1) is 0 Å². The van der Waals surface area contributed by atoms with Crippen molar-refractivity contribution in [2.24, 2.45) is 0 Å². The summed E-state index contributed by atoms with van der Waals surface area (Å²) >= 11 is 0. The van der Waals surface area contributed by atoms with E-state index in [2.05, 4.69) is 0 Å². The van der Waals surface area contributed by atoms with Crippen LogP contribution in [0.15, 0.2) is 48.5 Å². The third kappa shape index (κ3) is 2.87. The highest BCUT2D eigenvalue weighted by Gasteiger charge is 1.98. The van der Waals surface area contributed by atoms with E-state index in [-0.39, 0.29) is 0 Å². The van der Waals surface area contributed by atoms with Gasteiger partial charge in [0.25, 0.3) is 0 Å². The highest BCUT2D eigenvalue weighted by atomic mass is 16.5. The van der Waals surface area contributed by atoms with Crippen LogP contribution in [0.5, 0.6) is 11.5 Å². The minimum Gasteiger partial charge on any atom is -0.457 e. The predicted octanol–water partition coefficient (Wildman–Crippen LogP) is 3.08. The van der Waals surface area contributed by atoms with Crippen LogP contribution in [0.1, 0.15) is 0 Å². The molecule has 0 atom stereocenters. The molecule has 0 fully saturated rings. The van der Waals surface area contributed by atoms with Crippen LogP contribution in [-0.2, 0) is 0 Å². The molecular formula is C12H12N2O3. The number of hydrogen-bond donors (Lipinski definition) is 4. The molecule has 2 aromatic rings. The van der Waals surface area contributed by atoms with Gasteiger partial charge in [0.05, 0.1) is 11.4 Å². The molecule has 0 radical (unpaired) electrons. The third-order valence-corrected chi connectivity index (χ3v) is 2.20. The zero-order valence-corrected chi connectivity index (χ0v) is 8.92. The average Bonchev–Trinajstić information content (AvgIpc) is 2.40. The van der Waals surface area contributed by atoms with Gasteiger partial charge in [0.15, 0.2) is 0 Å². The largest absolute Gasteiger partial charge is 0.457 e. The van der Waals surface area contributed by atoms with Crippen LogP contribution in [-0.4, -0.2) is 10.4 Å². The molecule has 0 spiro atoms. The van der Waals surface area contributed by atoms with Gasteiger partial charge in [0.2, 0.25) is 0 Å². The topological polar surface area (TPSA) is 73.8 Å². The molecular weight excluding hydrogens is 220 g/mol. The number of anilines is 2. The minimum atomic E-state index is 0.595. The van der Waals surface area contributed by atoms with Crippen molar-refractivity contribution in [3.8, 4) is 11.5 Å². The Balaban J connectivity index is 2.08. The minimum absolute atomic E-state index is 0.595. The first-order valence-corrected chi connectivity index (χ1v) is 5.00. The van der Waals surface area contributed by atoms with Gasteiger partial charge in [-0.1, -0.05) is 0 Å². The molecule has 0 saturated heterocycles. The second-order valence-electron chi connectivity index (χ2n) is 3.37.